The lowest BCUT2D eigenvalue weighted by Crippen LogP contribution is -2.29. The Morgan fingerprint density at radius 1 is 1.21 bits per heavy atom. The summed E-state index contributed by atoms with van der Waals surface area (Å²) in [6.45, 7) is 1.86. The number of rotatable bonds is 6. The van der Waals surface area contributed by atoms with Crippen molar-refractivity contribution < 1.29 is 18.3 Å². The number of nitrogens with one attached hydrogen (secondary N) is 1. The lowest BCUT2D eigenvalue weighted by atomic mass is 10.1. The first kappa shape index (κ1) is 15.9. The van der Waals surface area contributed by atoms with E-state index in [1.165, 1.54) is 12.1 Å². The quantitative estimate of drug-likeness (QED) is 0.779. The summed E-state index contributed by atoms with van der Waals surface area (Å²) >= 11 is 0. The van der Waals surface area contributed by atoms with Crippen LogP contribution in [0.5, 0.6) is 0 Å². The number of likely N-dealkylation sites (N-methyl/N-ethyl adjacent to an activating group) is 1. The Balaban J connectivity index is 2.47. The van der Waals surface area contributed by atoms with Crippen LogP contribution in [0, 0.1) is 0 Å². The number of hydrogen-bond acceptors (Lipinski definition) is 3. The molecule has 1 aromatic rings. The van der Waals surface area contributed by atoms with Gasteiger partial charge in [0, 0.05) is 19.6 Å². The van der Waals surface area contributed by atoms with Gasteiger partial charge in [0.25, 0.3) is 0 Å². The van der Waals surface area contributed by atoms with Crippen molar-refractivity contribution in [3.63, 3.8) is 0 Å². The zero-order valence-corrected chi connectivity index (χ0v) is 11.0. The molecular weight excluding hydrogens is 257 g/mol. The van der Waals surface area contributed by atoms with Crippen LogP contribution in [0.3, 0.4) is 0 Å². The zero-order valence-electron chi connectivity index (χ0n) is 11.0. The summed E-state index contributed by atoms with van der Waals surface area (Å²) in [6.07, 6.45) is -5.14. The number of alkyl halides is 3. The Morgan fingerprint density at radius 2 is 1.79 bits per heavy atom. The van der Waals surface area contributed by atoms with Gasteiger partial charge in [-0.15, -0.1) is 0 Å². The van der Waals surface area contributed by atoms with E-state index in [1.807, 2.05) is 19.0 Å². The van der Waals surface area contributed by atoms with Crippen LogP contribution in [0.25, 0.3) is 0 Å². The van der Waals surface area contributed by atoms with Crippen LogP contribution in [0.1, 0.15) is 17.2 Å². The summed E-state index contributed by atoms with van der Waals surface area (Å²) in [5.41, 5.74) is -0.227. The lowest BCUT2D eigenvalue weighted by molar-refractivity contribution is -0.137. The average Bonchev–Trinajstić information content (AvgIpc) is 2.33. The lowest BCUT2D eigenvalue weighted by Gasteiger charge is -2.15. The maximum absolute atomic E-state index is 12.4. The van der Waals surface area contributed by atoms with E-state index in [0.717, 1.165) is 18.7 Å². The number of aliphatic hydroxyl groups excluding tert-OH is 1. The smallest absolute Gasteiger partial charge is 0.387 e. The molecule has 0 heterocycles. The van der Waals surface area contributed by atoms with Crippen molar-refractivity contribution in [1.82, 2.24) is 10.2 Å². The SMILES string of the molecule is CN(C)CCNCC(O)c1ccc(C(F)(F)F)cc1. The topological polar surface area (TPSA) is 35.5 Å². The molecule has 0 aliphatic heterocycles. The van der Waals surface area contributed by atoms with Gasteiger partial charge in [-0.05, 0) is 31.8 Å². The van der Waals surface area contributed by atoms with Crippen molar-refractivity contribution in [3.8, 4) is 0 Å². The molecule has 1 rings (SSSR count). The van der Waals surface area contributed by atoms with Crippen molar-refractivity contribution >= 4 is 0 Å². The van der Waals surface area contributed by atoms with Crippen molar-refractivity contribution in [3.05, 3.63) is 35.4 Å². The van der Waals surface area contributed by atoms with E-state index in [-0.39, 0.29) is 0 Å². The highest BCUT2D eigenvalue weighted by Gasteiger charge is 2.30. The Kier molecular flexibility index (Phi) is 5.78. The van der Waals surface area contributed by atoms with Crippen LogP contribution in [-0.2, 0) is 6.18 Å². The van der Waals surface area contributed by atoms with Gasteiger partial charge in [-0.2, -0.15) is 13.2 Å². The summed E-state index contributed by atoms with van der Waals surface area (Å²) in [4.78, 5) is 2.00. The van der Waals surface area contributed by atoms with Crippen LogP contribution in [0.4, 0.5) is 13.2 Å². The highest BCUT2D eigenvalue weighted by Crippen LogP contribution is 2.29. The minimum atomic E-state index is -4.34. The summed E-state index contributed by atoms with van der Waals surface area (Å²) in [5.74, 6) is 0. The first-order valence-corrected chi connectivity index (χ1v) is 6.01. The molecule has 0 aromatic heterocycles. The molecule has 3 nitrogen and oxygen atoms in total. The summed E-state index contributed by atoms with van der Waals surface area (Å²) in [7, 11) is 3.88. The van der Waals surface area contributed by atoms with Crippen LogP contribution < -0.4 is 5.32 Å². The number of benzene rings is 1. The molecule has 0 fully saturated rings. The van der Waals surface area contributed by atoms with Crippen molar-refractivity contribution in [2.75, 3.05) is 33.7 Å². The minimum absolute atomic E-state index is 0.319. The third-order valence-corrected chi connectivity index (χ3v) is 2.70. The zero-order chi connectivity index (χ0) is 14.5. The standard InChI is InChI=1S/C13H19F3N2O/c1-18(2)8-7-17-9-12(19)10-3-5-11(6-4-10)13(14,15)16/h3-6,12,17,19H,7-9H2,1-2H3. The second-order valence-electron chi connectivity index (χ2n) is 4.64. The molecule has 6 heteroatoms. The van der Waals surface area contributed by atoms with E-state index < -0.39 is 17.8 Å². The van der Waals surface area contributed by atoms with Gasteiger partial charge in [-0.1, -0.05) is 12.1 Å². The largest absolute Gasteiger partial charge is 0.416 e. The van der Waals surface area contributed by atoms with E-state index in [4.69, 9.17) is 0 Å². The third kappa shape index (κ3) is 5.59. The van der Waals surface area contributed by atoms with Gasteiger partial charge in [0.2, 0.25) is 0 Å². The van der Waals surface area contributed by atoms with Crippen LogP contribution in [0.15, 0.2) is 24.3 Å². The molecule has 2 N–H and O–H groups in total. The molecule has 1 atom stereocenters. The van der Waals surface area contributed by atoms with Crippen molar-refractivity contribution in [2.45, 2.75) is 12.3 Å². The maximum atomic E-state index is 12.4. The Bertz CT molecular complexity index is 376. The molecule has 0 bridgehead atoms. The fourth-order valence-electron chi connectivity index (χ4n) is 1.55. The molecular formula is C13H19F3N2O. The molecule has 0 saturated heterocycles. The summed E-state index contributed by atoms with van der Waals surface area (Å²) in [5, 5.41) is 12.9. The predicted molar refractivity (Wildman–Crippen MR) is 67.8 cm³/mol. The Labute approximate surface area is 111 Å². The minimum Gasteiger partial charge on any atom is -0.387 e. The van der Waals surface area contributed by atoms with Gasteiger partial charge < -0.3 is 15.3 Å². The molecule has 0 amide bonds. The van der Waals surface area contributed by atoms with Gasteiger partial charge in [-0.3, -0.25) is 0 Å². The number of aliphatic hydroxyl groups is 1. The maximum Gasteiger partial charge on any atom is 0.416 e. The van der Waals surface area contributed by atoms with E-state index in [9.17, 15) is 18.3 Å². The molecule has 108 valence electrons. The second kappa shape index (κ2) is 6.88. The van der Waals surface area contributed by atoms with E-state index in [1.54, 1.807) is 0 Å². The van der Waals surface area contributed by atoms with Crippen LogP contribution >= 0.6 is 0 Å². The predicted octanol–water partition coefficient (Wildman–Crippen LogP) is 1.89. The molecule has 0 saturated carbocycles. The Hall–Kier alpha value is -1.11. The summed E-state index contributed by atoms with van der Waals surface area (Å²) in [6, 6.07) is 4.58. The third-order valence-electron chi connectivity index (χ3n) is 2.70. The average molecular weight is 276 g/mol. The summed E-state index contributed by atoms with van der Waals surface area (Å²) < 4.78 is 37.1. The molecule has 19 heavy (non-hydrogen) atoms. The normalized spacial score (nSPS) is 13.8. The van der Waals surface area contributed by atoms with Gasteiger partial charge in [-0.25, -0.2) is 0 Å². The molecule has 1 unspecified atom stereocenters. The van der Waals surface area contributed by atoms with Gasteiger partial charge in [0.05, 0.1) is 11.7 Å². The molecule has 1 aromatic carbocycles. The van der Waals surface area contributed by atoms with Crippen LogP contribution in [-0.4, -0.2) is 43.7 Å². The Morgan fingerprint density at radius 3 is 2.26 bits per heavy atom. The molecule has 0 aliphatic carbocycles. The number of nitrogens with zero attached hydrogens (tertiary/aromatic N) is 1. The highest BCUT2D eigenvalue weighted by atomic mass is 19.4. The van der Waals surface area contributed by atoms with Gasteiger partial charge >= 0.3 is 6.18 Å². The first-order valence-electron chi connectivity index (χ1n) is 6.01. The van der Waals surface area contributed by atoms with Crippen molar-refractivity contribution in [1.29, 1.82) is 0 Å². The first-order chi connectivity index (χ1) is 8.80. The molecule has 0 aliphatic rings. The van der Waals surface area contributed by atoms with Crippen molar-refractivity contribution in [2.24, 2.45) is 0 Å². The van der Waals surface area contributed by atoms with Gasteiger partial charge in [0.1, 0.15) is 0 Å². The van der Waals surface area contributed by atoms with Gasteiger partial charge in [0.15, 0.2) is 0 Å². The monoisotopic (exact) mass is 276 g/mol. The molecule has 0 spiro atoms. The number of hydrogen-bond donors (Lipinski definition) is 2. The van der Waals surface area contributed by atoms with Crippen LogP contribution in [0.2, 0.25) is 0 Å². The van der Waals surface area contributed by atoms with E-state index in [2.05, 4.69) is 5.32 Å². The second-order valence-corrected chi connectivity index (χ2v) is 4.64. The fraction of sp³-hybridized carbons (Fsp3) is 0.538. The highest BCUT2D eigenvalue weighted by molar-refractivity contribution is 5.26. The van der Waals surface area contributed by atoms with E-state index in [0.29, 0.717) is 18.7 Å². The number of halogens is 3. The van der Waals surface area contributed by atoms with E-state index >= 15 is 0 Å². The molecule has 0 radical (unpaired) electrons. The fourth-order valence-corrected chi connectivity index (χ4v) is 1.55.